The summed E-state index contributed by atoms with van der Waals surface area (Å²) in [5, 5.41) is 2.48. The predicted octanol–water partition coefficient (Wildman–Crippen LogP) is 5.25. The predicted molar refractivity (Wildman–Crippen MR) is 98.2 cm³/mol. The molecular formula is C17H11BrF3N3O2S. The molecule has 2 heterocycles. The summed E-state index contributed by atoms with van der Waals surface area (Å²) < 4.78 is 45.3. The van der Waals surface area contributed by atoms with Crippen LogP contribution in [0.25, 0.3) is 11.5 Å². The molecule has 1 aromatic carbocycles. The van der Waals surface area contributed by atoms with E-state index in [1.165, 1.54) is 12.3 Å². The van der Waals surface area contributed by atoms with Gasteiger partial charge >= 0.3 is 6.18 Å². The van der Waals surface area contributed by atoms with Crippen molar-refractivity contribution in [2.75, 3.05) is 11.1 Å². The highest BCUT2D eigenvalue weighted by Crippen LogP contribution is 2.32. The number of halogens is 4. The van der Waals surface area contributed by atoms with Crippen LogP contribution >= 0.6 is 27.7 Å². The van der Waals surface area contributed by atoms with Gasteiger partial charge in [0.1, 0.15) is 11.4 Å². The van der Waals surface area contributed by atoms with Crippen molar-refractivity contribution in [2.45, 2.75) is 11.3 Å². The van der Waals surface area contributed by atoms with Crippen molar-refractivity contribution < 1.29 is 22.4 Å². The van der Waals surface area contributed by atoms with Crippen molar-refractivity contribution in [1.82, 2.24) is 9.97 Å². The third-order valence-electron chi connectivity index (χ3n) is 3.23. The zero-order chi connectivity index (χ0) is 19.4. The Morgan fingerprint density at radius 3 is 2.56 bits per heavy atom. The number of nitrogens with zero attached hydrogens (tertiary/aromatic N) is 2. The molecule has 10 heteroatoms. The van der Waals surface area contributed by atoms with Gasteiger partial charge in [0.05, 0.1) is 12.0 Å². The van der Waals surface area contributed by atoms with Gasteiger partial charge in [0.25, 0.3) is 0 Å². The Balaban J connectivity index is 1.74. The molecule has 1 amide bonds. The number of amides is 1. The van der Waals surface area contributed by atoms with Gasteiger partial charge in [-0.05, 0) is 42.5 Å². The fraction of sp³-hybridized carbons (Fsp3) is 0.118. The summed E-state index contributed by atoms with van der Waals surface area (Å²) in [6.45, 7) is 0. The van der Waals surface area contributed by atoms with Crippen molar-refractivity contribution in [3.8, 4) is 11.5 Å². The van der Waals surface area contributed by atoms with Crippen LogP contribution in [0.2, 0.25) is 0 Å². The standard InChI is InChI=1S/C17H11BrF3N3O2S/c18-10-3-5-11(6-4-10)22-15(25)9-27-16-23-12(13-2-1-7-26-13)8-14(24-16)17(19,20)21/h1-8H,9H2,(H,22,25). The maximum Gasteiger partial charge on any atom is 0.433 e. The molecule has 27 heavy (non-hydrogen) atoms. The molecule has 0 unspecified atom stereocenters. The lowest BCUT2D eigenvalue weighted by molar-refractivity contribution is -0.141. The van der Waals surface area contributed by atoms with Crippen molar-refractivity contribution in [1.29, 1.82) is 0 Å². The Hall–Kier alpha value is -2.33. The van der Waals surface area contributed by atoms with Crippen molar-refractivity contribution >= 4 is 39.3 Å². The van der Waals surface area contributed by atoms with E-state index in [1.54, 1.807) is 30.3 Å². The van der Waals surface area contributed by atoms with E-state index in [4.69, 9.17) is 4.42 Å². The minimum atomic E-state index is -4.64. The molecule has 3 rings (SSSR count). The molecule has 0 aliphatic carbocycles. The quantitative estimate of drug-likeness (QED) is 0.418. The molecule has 2 aromatic heterocycles. The van der Waals surface area contributed by atoms with E-state index in [2.05, 4.69) is 31.2 Å². The van der Waals surface area contributed by atoms with Gasteiger partial charge in [0, 0.05) is 10.2 Å². The third kappa shape index (κ3) is 5.33. The maximum absolute atomic E-state index is 13.1. The van der Waals surface area contributed by atoms with Crippen molar-refractivity contribution in [2.24, 2.45) is 0 Å². The minimum absolute atomic E-state index is 0.00172. The van der Waals surface area contributed by atoms with E-state index in [-0.39, 0.29) is 28.3 Å². The van der Waals surface area contributed by atoms with Gasteiger partial charge in [-0.2, -0.15) is 13.2 Å². The van der Waals surface area contributed by atoms with E-state index in [9.17, 15) is 18.0 Å². The second kappa shape index (κ2) is 8.13. The second-order valence-corrected chi connectivity index (χ2v) is 7.10. The van der Waals surface area contributed by atoms with Crippen LogP contribution in [-0.2, 0) is 11.0 Å². The van der Waals surface area contributed by atoms with Gasteiger partial charge in [-0.1, -0.05) is 27.7 Å². The molecule has 0 aliphatic rings. The number of nitrogens with one attached hydrogen (secondary N) is 1. The maximum atomic E-state index is 13.1. The van der Waals surface area contributed by atoms with E-state index >= 15 is 0 Å². The number of hydrogen-bond acceptors (Lipinski definition) is 5. The summed E-state index contributed by atoms with van der Waals surface area (Å²) >= 11 is 4.09. The summed E-state index contributed by atoms with van der Waals surface area (Å²) in [5.74, 6) is -0.346. The lowest BCUT2D eigenvalue weighted by Crippen LogP contribution is -2.15. The molecule has 0 aliphatic heterocycles. The first-order valence-corrected chi connectivity index (χ1v) is 9.27. The monoisotopic (exact) mass is 457 g/mol. The number of carbonyl (C=O) groups excluding carboxylic acids is 1. The number of anilines is 1. The van der Waals surface area contributed by atoms with Crippen LogP contribution in [0, 0.1) is 0 Å². The SMILES string of the molecule is O=C(CSc1nc(-c2ccco2)cc(C(F)(F)F)n1)Nc1ccc(Br)cc1. The van der Waals surface area contributed by atoms with Crippen LogP contribution in [0.3, 0.4) is 0 Å². The summed E-state index contributed by atoms with van der Waals surface area (Å²) in [5.41, 5.74) is -0.525. The topological polar surface area (TPSA) is 68.0 Å². The van der Waals surface area contributed by atoms with E-state index in [0.29, 0.717) is 5.69 Å². The molecule has 3 aromatic rings. The highest BCUT2D eigenvalue weighted by Gasteiger charge is 2.34. The molecule has 140 valence electrons. The number of rotatable bonds is 5. The number of aromatic nitrogens is 2. The Bertz CT molecular complexity index is 932. The van der Waals surface area contributed by atoms with Crippen LogP contribution in [-0.4, -0.2) is 21.6 Å². The van der Waals surface area contributed by atoms with Crippen LogP contribution in [0.1, 0.15) is 5.69 Å². The first kappa shape index (κ1) is 19.4. The lowest BCUT2D eigenvalue weighted by Gasteiger charge is -2.09. The van der Waals surface area contributed by atoms with E-state index in [1.807, 2.05) is 0 Å². The summed E-state index contributed by atoms with van der Waals surface area (Å²) in [7, 11) is 0. The van der Waals surface area contributed by atoms with Gasteiger partial charge in [-0.15, -0.1) is 0 Å². The Labute approximate surface area is 164 Å². The zero-order valence-corrected chi connectivity index (χ0v) is 15.9. The van der Waals surface area contributed by atoms with Gasteiger partial charge < -0.3 is 9.73 Å². The van der Waals surface area contributed by atoms with E-state index < -0.39 is 11.9 Å². The Morgan fingerprint density at radius 2 is 1.93 bits per heavy atom. The van der Waals surface area contributed by atoms with Gasteiger partial charge in [-0.25, -0.2) is 9.97 Å². The van der Waals surface area contributed by atoms with Gasteiger partial charge in [0.2, 0.25) is 5.91 Å². The first-order chi connectivity index (χ1) is 12.8. The third-order valence-corrected chi connectivity index (χ3v) is 4.61. The number of alkyl halides is 3. The average molecular weight is 458 g/mol. The van der Waals surface area contributed by atoms with Crippen molar-refractivity contribution in [3.05, 3.63) is 58.9 Å². The molecule has 0 bridgehead atoms. The molecule has 1 N–H and O–H groups in total. The number of thioether (sulfide) groups is 1. The summed E-state index contributed by atoms with van der Waals surface area (Å²) in [6, 6.07) is 10.8. The van der Waals surface area contributed by atoms with E-state index in [0.717, 1.165) is 22.3 Å². The number of benzene rings is 1. The second-order valence-electron chi connectivity index (χ2n) is 5.24. The average Bonchev–Trinajstić information content (AvgIpc) is 3.16. The number of carbonyl (C=O) groups is 1. The van der Waals surface area contributed by atoms with Gasteiger partial charge in [-0.3, -0.25) is 4.79 Å². The summed E-state index contributed by atoms with van der Waals surface area (Å²) in [4.78, 5) is 19.6. The molecule has 0 atom stereocenters. The van der Waals surface area contributed by atoms with Crippen molar-refractivity contribution in [3.63, 3.8) is 0 Å². The molecule has 0 radical (unpaired) electrons. The normalized spacial score (nSPS) is 11.4. The Kier molecular flexibility index (Phi) is 5.85. The first-order valence-electron chi connectivity index (χ1n) is 7.49. The van der Waals surface area contributed by atoms with Crippen LogP contribution in [0.15, 0.2) is 62.8 Å². The highest BCUT2D eigenvalue weighted by atomic mass is 79.9. The molecule has 0 saturated heterocycles. The van der Waals surface area contributed by atoms with Gasteiger partial charge in [0.15, 0.2) is 10.9 Å². The summed E-state index contributed by atoms with van der Waals surface area (Å²) in [6.07, 6.45) is -3.30. The fourth-order valence-corrected chi connectivity index (χ4v) is 2.97. The van der Waals surface area contributed by atoms with Crippen LogP contribution in [0.5, 0.6) is 0 Å². The van der Waals surface area contributed by atoms with Crippen LogP contribution in [0.4, 0.5) is 18.9 Å². The molecule has 0 spiro atoms. The highest BCUT2D eigenvalue weighted by molar-refractivity contribution is 9.10. The smallest absolute Gasteiger partial charge is 0.433 e. The molecule has 0 fully saturated rings. The largest absolute Gasteiger partial charge is 0.463 e. The molecule has 0 saturated carbocycles. The van der Waals surface area contributed by atoms with Crippen LogP contribution < -0.4 is 5.32 Å². The fourth-order valence-electron chi connectivity index (χ4n) is 2.05. The number of hydrogen-bond donors (Lipinski definition) is 1. The molecule has 5 nitrogen and oxygen atoms in total. The number of furan rings is 1. The minimum Gasteiger partial charge on any atom is -0.463 e. The molecular weight excluding hydrogens is 447 g/mol. The Morgan fingerprint density at radius 1 is 1.19 bits per heavy atom. The zero-order valence-electron chi connectivity index (χ0n) is 13.5. The lowest BCUT2D eigenvalue weighted by atomic mass is 10.2.